The first-order chi connectivity index (χ1) is 17.9. The lowest BCUT2D eigenvalue weighted by molar-refractivity contribution is -0.141. The zero-order chi connectivity index (χ0) is 26.2. The smallest absolute Gasteiger partial charge is 0.243 e. The van der Waals surface area contributed by atoms with Crippen molar-refractivity contribution >= 4 is 23.4 Å². The molecule has 0 aromatic heterocycles. The number of rotatable bonds is 9. The Hall–Kier alpha value is -3.11. The van der Waals surface area contributed by atoms with Gasteiger partial charge in [-0.2, -0.15) is 0 Å². The van der Waals surface area contributed by atoms with E-state index in [1.54, 1.807) is 4.90 Å². The van der Waals surface area contributed by atoms with E-state index >= 15 is 0 Å². The summed E-state index contributed by atoms with van der Waals surface area (Å²) in [6, 6.07) is 23.3. The van der Waals surface area contributed by atoms with Gasteiger partial charge in [-0.25, -0.2) is 0 Å². The van der Waals surface area contributed by atoms with Crippen LogP contribution in [0.4, 0.5) is 0 Å². The third-order valence-corrected chi connectivity index (χ3v) is 7.34. The molecule has 2 amide bonds. The molecule has 3 aromatic carbocycles. The van der Waals surface area contributed by atoms with E-state index in [2.05, 4.69) is 23.5 Å². The summed E-state index contributed by atoms with van der Waals surface area (Å²) < 4.78 is 0. The van der Waals surface area contributed by atoms with Crippen LogP contribution in [0.2, 0.25) is 5.02 Å². The fraction of sp³-hybridized carbons (Fsp3) is 0.375. The highest BCUT2D eigenvalue weighted by Crippen LogP contribution is 2.22. The Kier molecular flexibility index (Phi) is 9.40. The Labute approximate surface area is 226 Å². The zero-order valence-electron chi connectivity index (χ0n) is 21.9. The molecule has 5 heteroatoms. The monoisotopic (exact) mass is 516 g/mol. The number of hydrogen-bond acceptors (Lipinski definition) is 2. The third-order valence-electron chi connectivity index (χ3n) is 7.10. The standard InChI is InChI=1S/C32H37ClN2O2/c1-23-16-24(2)18-27(17-23)21-31(36)35(22-26-12-9-13-28(33)19-26)30(20-25-10-5-3-6-11-25)32(37)34-29-14-7-4-8-15-29/h3,5-6,9-13,16-19,29-30H,4,7-8,14-15,20-22H2,1-2H3,(H,34,37)/t30-/m1/s1. The van der Waals surface area contributed by atoms with Gasteiger partial charge in [0.1, 0.15) is 6.04 Å². The summed E-state index contributed by atoms with van der Waals surface area (Å²) in [5.41, 5.74) is 5.15. The van der Waals surface area contributed by atoms with Crippen molar-refractivity contribution in [2.75, 3.05) is 0 Å². The summed E-state index contributed by atoms with van der Waals surface area (Å²) in [7, 11) is 0. The van der Waals surface area contributed by atoms with Crippen LogP contribution in [0.15, 0.2) is 72.8 Å². The van der Waals surface area contributed by atoms with Crippen LogP contribution in [0.5, 0.6) is 0 Å². The SMILES string of the molecule is Cc1cc(C)cc(CC(=O)N(Cc2cccc(Cl)c2)[C@H](Cc2ccccc2)C(=O)NC2CCCCC2)c1. The van der Waals surface area contributed by atoms with Gasteiger partial charge in [0.25, 0.3) is 0 Å². The molecule has 1 fully saturated rings. The molecule has 1 atom stereocenters. The molecule has 1 aliphatic rings. The molecule has 3 aromatic rings. The summed E-state index contributed by atoms with van der Waals surface area (Å²) in [4.78, 5) is 29.6. The number of halogens is 1. The van der Waals surface area contributed by atoms with E-state index in [1.165, 1.54) is 6.42 Å². The van der Waals surface area contributed by atoms with Crippen LogP contribution in [0.25, 0.3) is 0 Å². The van der Waals surface area contributed by atoms with Crippen molar-refractivity contribution in [3.05, 3.63) is 106 Å². The van der Waals surface area contributed by atoms with Crippen LogP contribution in [-0.4, -0.2) is 28.8 Å². The van der Waals surface area contributed by atoms with Gasteiger partial charge in [-0.1, -0.05) is 103 Å². The molecular weight excluding hydrogens is 480 g/mol. The van der Waals surface area contributed by atoms with E-state index < -0.39 is 6.04 Å². The Morgan fingerprint density at radius 1 is 0.865 bits per heavy atom. The van der Waals surface area contributed by atoms with Crippen molar-refractivity contribution in [2.45, 2.75) is 77.4 Å². The molecule has 0 aliphatic heterocycles. The second-order valence-corrected chi connectivity index (χ2v) is 10.8. The quantitative estimate of drug-likeness (QED) is 0.349. The van der Waals surface area contributed by atoms with Crippen molar-refractivity contribution in [2.24, 2.45) is 0 Å². The molecule has 194 valence electrons. The van der Waals surface area contributed by atoms with Gasteiger partial charge in [0.05, 0.1) is 6.42 Å². The highest BCUT2D eigenvalue weighted by Gasteiger charge is 2.32. The first-order valence-corrected chi connectivity index (χ1v) is 13.7. The average molecular weight is 517 g/mol. The molecule has 1 saturated carbocycles. The molecule has 37 heavy (non-hydrogen) atoms. The molecule has 1 aliphatic carbocycles. The second kappa shape index (κ2) is 12.9. The van der Waals surface area contributed by atoms with Gasteiger partial charge >= 0.3 is 0 Å². The Balaban J connectivity index is 1.67. The lowest BCUT2D eigenvalue weighted by atomic mass is 9.94. The van der Waals surface area contributed by atoms with Crippen molar-refractivity contribution in [1.29, 1.82) is 0 Å². The normalized spacial score (nSPS) is 14.7. The maximum atomic E-state index is 14.0. The molecule has 1 N–H and O–H groups in total. The predicted octanol–water partition coefficient (Wildman–Crippen LogP) is 6.59. The van der Waals surface area contributed by atoms with Crippen LogP contribution in [0.1, 0.15) is 59.9 Å². The van der Waals surface area contributed by atoms with Crippen LogP contribution in [-0.2, 0) is 29.0 Å². The summed E-state index contributed by atoms with van der Waals surface area (Å²) in [6.45, 7) is 4.40. The second-order valence-electron chi connectivity index (χ2n) is 10.4. The molecule has 0 heterocycles. The fourth-order valence-electron chi connectivity index (χ4n) is 5.38. The topological polar surface area (TPSA) is 49.4 Å². The van der Waals surface area contributed by atoms with E-state index in [0.29, 0.717) is 18.0 Å². The van der Waals surface area contributed by atoms with Gasteiger partial charge in [0.2, 0.25) is 11.8 Å². The van der Waals surface area contributed by atoms with Gasteiger partial charge in [-0.3, -0.25) is 9.59 Å². The van der Waals surface area contributed by atoms with E-state index in [9.17, 15) is 9.59 Å². The lowest BCUT2D eigenvalue weighted by Crippen LogP contribution is -2.53. The Morgan fingerprint density at radius 2 is 1.54 bits per heavy atom. The third kappa shape index (κ3) is 7.93. The number of carbonyl (C=O) groups excluding carboxylic acids is 2. The first-order valence-electron chi connectivity index (χ1n) is 13.3. The number of carbonyl (C=O) groups is 2. The lowest BCUT2D eigenvalue weighted by Gasteiger charge is -2.33. The minimum absolute atomic E-state index is 0.0651. The number of nitrogens with one attached hydrogen (secondary N) is 1. The van der Waals surface area contributed by atoms with Gasteiger partial charge in [-0.05, 0) is 55.5 Å². The molecule has 4 nitrogen and oxygen atoms in total. The van der Waals surface area contributed by atoms with Crippen molar-refractivity contribution < 1.29 is 9.59 Å². The first kappa shape index (κ1) is 26.9. The number of amides is 2. The van der Waals surface area contributed by atoms with Gasteiger partial charge in [0, 0.05) is 24.0 Å². The van der Waals surface area contributed by atoms with Gasteiger partial charge in [0.15, 0.2) is 0 Å². The Bertz CT molecular complexity index is 1180. The zero-order valence-corrected chi connectivity index (χ0v) is 22.6. The highest BCUT2D eigenvalue weighted by molar-refractivity contribution is 6.30. The predicted molar refractivity (Wildman–Crippen MR) is 151 cm³/mol. The summed E-state index contributed by atoms with van der Waals surface area (Å²) >= 11 is 6.29. The molecule has 0 bridgehead atoms. The van der Waals surface area contributed by atoms with E-state index in [-0.39, 0.29) is 24.3 Å². The molecule has 4 rings (SSSR count). The van der Waals surface area contributed by atoms with Crippen LogP contribution >= 0.6 is 11.6 Å². The van der Waals surface area contributed by atoms with Crippen LogP contribution in [0, 0.1) is 13.8 Å². The van der Waals surface area contributed by atoms with Crippen LogP contribution in [0.3, 0.4) is 0 Å². The van der Waals surface area contributed by atoms with Crippen molar-refractivity contribution in [1.82, 2.24) is 10.2 Å². The van der Waals surface area contributed by atoms with E-state index in [1.807, 2.05) is 68.4 Å². The largest absolute Gasteiger partial charge is 0.352 e. The van der Waals surface area contributed by atoms with Gasteiger partial charge < -0.3 is 10.2 Å². The summed E-state index contributed by atoms with van der Waals surface area (Å²) in [5, 5.41) is 3.91. The number of nitrogens with zero attached hydrogens (tertiary/aromatic N) is 1. The van der Waals surface area contributed by atoms with Gasteiger partial charge in [-0.15, -0.1) is 0 Å². The fourth-order valence-corrected chi connectivity index (χ4v) is 5.59. The number of benzene rings is 3. The minimum Gasteiger partial charge on any atom is -0.352 e. The molecular formula is C32H37ClN2O2. The summed E-state index contributed by atoms with van der Waals surface area (Å²) in [5.74, 6) is -0.142. The van der Waals surface area contributed by atoms with Crippen LogP contribution < -0.4 is 5.32 Å². The van der Waals surface area contributed by atoms with Crippen molar-refractivity contribution in [3.8, 4) is 0 Å². The highest BCUT2D eigenvalue weighted by atomic mass is 35.5. The molecule has 0 spiro atoms. The average Bonchev–Trinajstić information content (AvgIpc) is 2.86. The van der Waals surface area contributed by atoms with E-state index in [4.69, 9.17) is 11.6 Å². The molecule has 0 unspecified atom stereocenters. The summed E-state index contributed by atoms with van der Waals surface area (Å²) in [6.07, 6.45) is 6.17. The maximum Gasteiger partial charge on any atom is 0.243 e. The Morgan fingerprint density at radius 3 is 2.22 bits per heavy atom. The van der Waals surface area contributed by atoms with E-state index in [0.717, 1.165) is 53.5 Å². The number of aryl methyl sites for hydroxylation is 2. The maximum absolute atomic E-state index is 14.0. The molecule has 0 radical (unpaired) electrons. The minimum atomic E-state index is -0.623. The van der Waals surface area contributed by atoms with Crippen molar-refractivity contribution in [3.63, 3.8) is 0 Å². The molecule has 0 saturated heterocycles. The number of hydrogen-bond donors (Lipinski definition) is 1.